The van der Waals surface area contributed by atoms with E-state index < -0.39 is 0 Å². The van der Waals surface area contributed by atoms with Crippen LogP contribution in [-0.4, -0.2) is 15.5 Å². The molecule has 1 heterocycles. The van der Waals surface area contributed by atoms with Gasteiger partial charge in [-0.15, -0.1) is 0 Å². The summed E-state index contributed by atoms with van der Waals surface area (Å²) in [4.78, 5) is 17.8. The van der Waals surface area contributed by atoms with Crippen LogP contribution in [0, 0.1) is 13.8 Å². The molecular formula is C25H25N3O. The van der Waals surface area contributed by atoms with Crippen LogP contribution in [0.4, 0.5) is 0 Å². The lowest BCUT2D eigenvalue weighted by molar-refractivity contribution is 0.0936. The molecule has 0 fully saturated rings. The van der Waals surface area contributed by atoms with Gasteiger partial charge in [0, 0.05) is 19.0 Å². The van der Waals surface area contributed by atoms with Crippen LogP contribution in [0.2, 0.25) is 0 Å². The topological polar surface area (TPSA) is 46.9 Å². The minimum Gasteiger partial charge on any atom is -0.345 e. The number of benzene rings is 3. The van der Waals surface area contributed by atoms with Crippen LogP contribution in [0.3, 0.4) is 0 Å². The van der Waals surface area contributed by atoms with Crippen LogP contribution < -0.4 is 5.32 Å². The molecule has 0 radical (unpaired) electrons. The molecule has 1 aromatic heterocycles. The first-order valence-electron chi connectivity index (χ1n) is 9.86. The molecule has 0 spiro atoms. The van der Waals surface area contributed by atoms with Crippen LogP contribution in [0.5, 0.6) is 0 Å². The van der Waals surface area contributed by atoms with Gasteiger partial charge in [0.15, 0.2) is 0 Å². The smallest absolute Gasteiger partial charge is 0.251 e. The van der Waals surface area contributed by atoms with Gasteiger partial charge in [-0.25, -0.2) is 4.98 Å². The van der Waals surface area contributed by atoms with Crippen molar-refractivity contribution in [3.05, 3.63) is 101 Å². The van der Waals surface area contributed by atoms with E-state index in [0.717, 1.165) is 28.0 Å². The molecule has 1 N–H and O–H groups in total. The molecule has 0 unspecified atom stereocenters. The van der Waals surface area contributed by atoms with Crippen molar-refractivity contribution in [3.63, 3.8) is 0 Å². The quantitative estimate of drug-likeness (QED) is 0.533. The molecule has 3 aromatic carbocycles. The first-order valence-corrected chi connectivity index (χ1v) is 9.86. The fourth-order valence-corrected chi connectivity index (χ4v) is 3.62. The fourth-order valence-electron chi connectivity index (χ4n) is 3.62. The number of imidazole rings is 1. The van der Waals surface area contributed by atoms with Crippen molar-refractivity contribution in [1.29, 1.82) is 0 Å². The maximum Gasteiger partial charge on any atom is 0.251 e. The predicted octanol–water partition coefficient (Wildman–Crippen LogP) is 4.90. The van der Waals surface area contributed by atoms with Gasteiger partial charge in [0.25, 0.3) is 5.91 Å². The zero-order valence-corrected chi connectivity index (χ0v) is 17.0. The Morgan fingerprint density at radius 3 is 2.41 bits per heavy atom. The monoisotopic (exact) mass is 383 g/mol. The number of hydrogen-bond donors (Lipinski definition) is 1. The molecule has 29 heavy (non-hydrogen) atoms. The van der Waals surface area contributed by atoms with Gasteiger partial charge in [0.05, 0.1) is 17.1 Å². The number of nitrogens with zero attached hydrogens (tertiary/aromatic N) is 2. The SMILES string of the molecule is Cc1ccc(C(=O)N[C@@H](Cc2nc3ccccc3n2C)c2ccccc2)cc1C. The number of aryl methyl sites for hydroxylation is 3. The van der Waals surface area contributed by atoms with E-state index in [9.17, 15) is 4.79 Å². The average Bonchev–Trinajstić information content (AvgIpc) is 3.06. The lowest BCUT2D eigenvalue weighted by Crippen LogP contribution is -2.30. The van der Waals surface area contributed by atoms with Crippen LogP contribution >= 0.6 is 0 Å². The van der Waals surface area contributed by atoms with Crippen molar-refractivity contribution in [2.45, 2.75) is 26.3 Å². The molecule has 146 valence electrons. The lowest BCUT2D eigenvalue weighted by atomic mass is 10.0. The Labute approximate surface area is 171 Å². The van der Waals surface area contributed by atoms with Crippen molar-refractivity contribution >= 4 is 16.9 Å². The second kappa shape index (κ2) is 7.92. The van der Waals surface area contributed by atoms with Crippen LogP contribution in [0.1, 0.15) is 38.9 Å². The summed E-state index contributed by atoms with van der Waals surface area (Å²) < 4.78 is 2.10. The Bertz CT molecular complexity index is 1160. The molecule has 0 aliphatic heterocycles. The molecule has 0 bridgehead atoms. The number of hydrogen-bond acceptors (Lipinski definition) is 2. The zero-order chi connectivity index (χ0) is 20.4. The molecule has 1 amide bonds. The first-order chi connectivity index (χ1) is 14.0. The van der Waals surface area contributed by atoms with E-state index in [1.807, 2.05) is 80.7 Å². The zero-order valence-electron chi connectivity index (χ0n) is 17.0. The summed E-state index contributed by atoms with van der Waals surface area (Å²) in [6, 6.07) is 23.8. The highest BCUT2D eigenvalue weighted by atomic mass is 16.1. The summed E-state index contributed by atoms with van der Waals surface area (Å²) >= 11 is 0. The van der Waals surface area contributed by atoms with Gasteiger partial charge in [-0.05, 0) is 54.8 Å². The van der Waals surface area contributed by atoms with Gasteiger partial charge < -0.3 is 9.88 Å². The second-order valence-corrected chi connectivity index (χ2v) is 7.52. The fraction of sp³-hybridized carbons (Fsp3) is 0.200. The second-order valence-electron chi connectivity index (χ2n) is 7.52. The number of para-hydroxylation sites is 2. The molecule has 4 rings (SSSR count). The van der Waals surface area contributed by atoms with Crippen LogP contribution in [-0.2, 0) is 13.5 Å². The Morgan fingerprint density at radius 1 is 0.966 bits per heavy atom. The summed E-state index contributed by atoms with van der Waals surface area (Å²) in [6.07, 6.45) is 0.617. The van der Waals surface area contributed by atoms with Crippen LogP contribution in [0.25, 0.3) is 11.0 Å². The number of carbonyl (C=O) groups is 1. The minimum atomic E-state index is -0.166. The number of amides is 1. The molecule has 4 aromatic rings. The summed E-state index contributed by atoms with van der Waals surface area (Å²) in [5.41, 5.74) is 6.10. The van der Waals surface area contributed by atoms with Crippen molar-refractivity contribution in [2.75, 3.05) is 0 Å². The van der Waals surface area contributed by atoms with Gasteiger partial charge in [-0.3, -0.25) is 4.79 Å². The van der Waals surface area contributed by atoms with Crippen molar-refractivity contribution in [3.8, 4) is 0 Å². The highest BCUT2D eigenvalue weighted by Gasteiger charge is 2.19. The number of rotatable bonds is 5. The molecule has 4 nitrogen and oxygen atoms in total. The molecule has 0 aliphatic rings. The van der Waals surface area contributed by atoms with Crippen molar-refractivity contribution in [1.82, 2.24) is 14.9 Å². The average molecular weight is 383 g/mol. The lowest BCUT2D eigenvalue weighted by Gasteiger charge is -2.19. The van der Waals surface area contributed by atoms with E-state index in [4.69, 9.17) is 4.98 Å². The predicted molar refractivity (Wildman–Crippen MR) is 117 cm³/mol. The third-order valence-corrected chi connectivity index (χ3v) is 5.54. The van der Waals surface area contributed by atoms with Gasteiger partial charge >= 0.3 is 0 Å². The summed E-state index contributed by atoms with van der Waals surface area (Å²) in [7, 11) is 2.03. The van der Waals surface area contributed by atoms with Gasteiger partial charge in [0.2, 0.25) is 0 Å². The summed E-state index contributed by atoms with van der Waals surface area (Å²) in [5, 5.41) is 3.22. The van der Waals surface area contributed by atoms with E-state index in [2.05, 4.69) is 22.9 Å². The standard InChI is InChI=1S/C25H25N3O/c1-17-13-14-20(15-18(17)2)25(29)27-22(19-9-5-4-6-10-19)16-24-26-21-11-7-8-12-23(21)28(24)3/h4-15,22H,16H2,1-3H3,(H,27,29)/t22-/m0/s1. The number of fused-ring (bicyclic) bond motifs is 1. The number of carbonyl (C=O) groups excluding carboxylic acids is 1. The van der Waals surface area contributed by atoms with E-state index in [1.54, 1.807) is 0 Å². The van der Waals surface area contributed by atoms with E-state index in [1.165, 1.54) is 5.56 Å². The van der Waals surface area contributed by atoms with Crippen molar-refractivity contribution in [2.24, 2.45) is 7.05 Å². The van der Waals surface area contributed by atoms with E-state index in [-0.39, 0.29) is 11.9 Å². The van der Waals surface area contributed by atoms with E-state index >= 15 is 0 Å². The molecule has 0 aliphatic carbocycles. The normalized spacial score (nSPS) is 12.1. The maximum absolute atomic E-state index is 13.0. The van der Waals surface area contributed by atoms with Gasteiger partial charge in [-0.1, -0.05) is 48.5 Å². The molecular weight excluding hydrogens is 358 g/mol. The van der Waals surface area contributed by atoms with Gasteiger partial charge in [0.1, 0.15) is 5.82 Å². The highest BCUT2D eigenvalue weighted by Crippen LogP contribution is 2.22. The Kier molecular flexibility index (Phi) is 5.17. The van der Waals surface area contributed by atoms with Crippen molar-refractivity contribution < 1.29 is 4.79 Å². The number of aromatic nitrogens is 2. The highest BCUT2D eigenvalue weighted by molar-refractivity contribution is 5.94. The Morgan fingerprint density at radius 2 is 1.69 bits per heavy atom. The molecule has 4 heteroatoms. The summed E-state index contributed by atoms with van der Waals surface area (Å²) in [6.45, 7) is 4.08. The maximum atomic E-state index is 13.0. The van der Waals surface area contributed by atoms with E-state index in [0.29, 0.717) is 12.0 Å². The van der Waals surface area contributed by atoms with Gasteiger partial charge in [-0.2, -0.15) is 0 Å². The minimum absolute atomic E-state index is 0.0688. The number of nitrogens with one attached hydrogen (secondary N) is 1. The first kappa shape index (κ1) is 18.9. The Hall–Kier alpha value is -3.40. The summed E-state index contributed by atoms with van der Waals surface area (Å²) in [5.74, 6) is 0.876. The Balaban J connectivity index is 1.65. The largest absolute Gasteiger partial charge is 0.345 e. The molecule has 0 saturated carbocycles. The van der Waals surface area contributed by atoms with Crippen LogP contribution in [0.15, 0.2) is 72.8 Å². The third-order valence-electron chi connectivity index (χ3n) is 5.54. The molecule has 0 saturated heterocycles. The molecule has 1 atom stereocenters. The third kappa shape index (κ3) is 3.92.